The molecule has 0 aromatic rings. The maximum Gasteiger partial charge on any atom is 0.0275 e. The standard InChI is InChI=1S/C12H22N2/c1-3-5-8-11(14-13)12(4-2)9-6-7-10-12/h1,11,14H,4-10,13H2,2H3. The van der Waals surface area contributed by atoms with Crippen LogP contribution < -0.4 is 11.3 Å². The summed E-state index contributed by atoms with van der Waals surface area (Å²) in [4.78, 5) is 0. The van der Waals surface area contributed by atoms with E-state index in [4.69, 9.17) is 12.3 Å². The van der Waals surface area contributed by atoms with Gasteiger partial charge in [0.05, 0.1) is 0 Å². The Balaban J connectivity index is 2.59. The number of rotatable bonds is 5. The van der Waals surface area contributed by atoms with Crippen molar-refractivity contribution in [2.75, 3.05) is 0 Å². The summed E-state index contributed by atoms with van der Waals surface area (Å²) in [6.45, 7) is 2.27. The van der Waals surface area contributed by atoms with Crippen LogP contribution in [-0.2, 0) is 0 Å². The van der Waals surface area contributed by atoms with Crippen LogP contribution in [0.2, 0.25) is 0 Å². The maximum absolute atomic E-state index is 5.64. The van der Waals surface area contributed by atoms with Crippen molar-refractivity contribution in [2.45, 2.75) is 57.9 Å². The smallest absolute Gasteiger partial charge is 0.0275 e. The van der Waals surface area contributed by atoms with E-state index in [2.05, 4.69) is 18.3 Å². The molecule has 1 atom stereocenters. The molecule has 2 heteroatoms. The fraction of sp³-hybridized carbons (Fsp3) is 0.833. The van der Waals surface area contributed by atoms with Gasteiger partial charge in [0.15, 0.2) is 0 Å². The topological polar surface area (TPSA) is 38.0 Å². The number of hydrogen-bond acceptors (Lipinski definition) is 2. The molecule has 0 aromatic carbocycles. The average Bonchev–Trinajstić information content (AvgIpc) is 2.69. The van der Waals surface area contributed by atoms with Crippen molar-refractivity contribution in [1.29, 1.82) is 0 Å². The molecule has 1 saturated carbocycles. The van der Waals surface area contributed by atoms with Crippen LogP contribution in [0.25, 0.3) is 0 Å². The summed E-state index contributed by atoms with van der Waals surface area (Å²) in [5.41, 5.74) is 3.40. The highest BCUT2D eigenvalue weighted by atomic mass is 15.2. The minimum absolute atomic E-state index is 0.408. The van der Waals surface area contributed by atoms with E-state index in [1.807, 2.05) is 0 Å². The summed E-state index contributed by atoms with van der Waals surface area (Å²) < 4.78 is 0. The lowest BCUT2D eigenvalue weighted by molar-refractivity contribution is 0.179. The van der Waals surface area contributed by atoms with Gasteiger partial charge in [0.1, 0.15) is 0 Å². The Morgan fingerprint density at radius 1 is 1.50 bits per heavy atom. The highest BCUT2D eigenvalue weighted by Crippen LogP contribution is 2.44. The Bertz CT molecular complexity index is 199. The van der Waals surface area contributed by atoms with E-state index in [0.29, 0.717) is 11.5 Å². The molecule has 14 heavy (non-hydrogen) atoms. The van der Waals surface area contributed by atoms with Gasteiger partial charge in [0.25, 0.3) is 0 Å². The Morgan fingerprint density at radius 3 is 2.57 bits per heavy atom. The molecule has 1 unspecified atom stereocenters. The first-order valence-electron chi connectivity index (χ1n) is 5.68. The van der Waals surface area contributed by atoms with E-state index >= 15 is 0 Å². The summed E-state index contributed by atoms with van der Waals surface area (Å²) >= 11 is 0. The minimum atomic E-state index is 0.408. The zero-order chi connectivity index (χ0) is 10.4. The van der Waals surface area contributed by atoms with Crippen LogP contribution in [0.3, 0.4) is 0 Å². The fourth-order valence-electron chi connectivity index (χ4n) is 2.82. The second-order valence-corrected chi connectivity index (χ2v) is 4.39. The third kappa shape index (κ3) is 2.29. The van der Waals surface area contributed by atoms with Crippen molar-refractivity contribution in [2.24, 2.45) is 11.3 Å². The van der Waals surface area contributed by atoms with E-state index < -0.39 is 0 Å². The molecule has 3 N–H and O–H groups in total. The van der Waals surface area contributed by atoms with Crippen LogP contribution in [0, 0.1) is 17.8 Å². The van der Waals surface area contributed by atoms with Gasteiger partial charge in [0.2, 0.25) is 0 Å². The Kier molecular flexibility index (Phi) is 4.44. The first kappa shape index (κ1) is 11.6. The van der Waals surface area contributed by atoms with Crippen molar-refractivity contribution in [3.8, 4) is 12.3 Å². The Morgan fingerprint density at radius 2 is 2.14 bits per heavy atom. The lowest BCUT2D eigenvalue weighted by atomic mass is 9.75. The third-order valence-corrected chi connectivity index (χ3v) is 3.82. The van der Waals surface area contributed by atoms with E-state index in [1.165, 1.54) is 32.1 Å². The molecule has 1 fully saturated rings. The molecular formula is C12H22N2. The molecule has 1 aliphatic carbocycles. The van der Waals surface area contributed by atoms with Gasteiger partial charge in [-0.05, 0) is 31.1 Å². The quantitative estimate of drug-likeness (QED) is 0.400. The molecule has 2 nitrogen and oxygen atoms in total. The van der Waals surface area contributed by atoms with Gasteiger partial charge < -0.3 is 0 Å². The van der Waals surface area contributed by atoms with Crippen LogP contribution in [0.4, 0.5) is 0 Å². The van der Waals surface area contributed by atoms with Gasteiger partial charge in [-0.25, -0.2) is 0 Å². The largest absolute Gasteiger partial charge is 0.271 e. The van der Waals surface area contributed by atoms with Crippen molar-refractivity contribution in [1.82, 2.24) is 5.43 Å². The van der Waals surface area contributed by atoms with E-state index in [9.17, 15) is 0 Å². The molecule has 0 heterocycles. The van der Waals surface area contributed by atoms with Crippen molar-refractivity contribution in [3.05, 3.63) is 0 Å². The number of terminal acetylenes is 1. The SMILES string of the molecule is C#CCCC(NN)C1(CC)CCCC1. The molecule has 0 saturated heterocycles. The second-order valence-electron chi connectivity index (χ2n) is 4.39. The molecule has 0 aliphatic heterocycles. The summed E-state index contributed by atoms with van der Waals surface area (Å²) in [6.07, 6.45) is 13.7. The Labute approximate surface area is 87.6 Å². The van der Waals surface area contributed by atoms with Crippen LogP contribution >= 0.6 is 0 Å². The second kappa shape index (κ2) is 5.38. The molecule has 0 amide bonds. The predicted octanol–water partition coefficient (Wildman–Crippen LogP) is 2.20. The molecular weight excluding hydrogens is 172 g/mol. The lowest BCUT2D eigenvalue weighted by Gasteiger charge is -2.36. The minimum Gasteiger partial charge on any atom is -0.271 e. The number of nitrogens with one attached hydrogen (secondary N) is 1. The fourth-order valence-corrected chi connectivity index (χ4v) is 2.82. The van der Waals surface area contributed by atoms with Gasteiger partial charge in [-0.15, -0.1) is 12.3 Å². The van der Waals surface area contributed by atoms with E-state index in [1.54, 1.807) is 0 Å². The van der Waals surface area contributed by atoms with Gasteiger partial charge in [-0.2, -0.15) is 0 Å². The normalized spacial score (nSPS) is 21.8. The molecule has 0 radical (unpaired) electrons. The highest BCUT2D eigenvalue weighted by Gasteiger charge is 2.38. The number of nitrogens with two attached hydrogens (primary N) is 1. The van der Waals surface area contributed by atoms with Crippen LogP contribution in [0.15, 0.2) is 0 Å². The van der Waals surface area contributed by atoms with Crippen LogP contribution in [0.5, 0.6) is 0 Å². The van der Waals surface area contributed by atoms with Crippen molar-refractivity contribution >= 4 is 0 Å². The summed E-state index contributed by atoms with van der Waals surface area (Å²) in [7, 11) is 0. The van der Waals surface area contributed by atoms with Crippen LogP contribution in [0.1, 0.15) is 51.9 Å². The van der Waals surface area contributed by atoms with Gasteiger partial charge in [0, 0.05) is 12.5 Å². The van der Waals surface area contributed by atoms with Crippen LogP contribution in [-0.4, -0.2) is 6.04 Å². The van der Waals surface area contributed by atoms with Gasteiger partial charge in [-0.3, -0.25) is 11.3 Å². The summed E-state index contributed by atoms with van der Waals surface area (Å²) in [5, 5.41) is 0. The molecule has 1 rings (SSSR count). The maximum atomic E-state index is 5.64. The number of hydrogen-bond donors (Lipinski definition) is 2. The Hall–Kier alpha value is -0.520. The van der Waals surface area contributed by atoms with Crippen molar-refractivity contribution < 1.29 is 0 Å². The lowest BCUT2D eigenvalue weighted by Crippen LogP contribution is -2.47. The monoisotopic (exact) mass is 194 g/mol. The molecule has 0 bridgehead atoms. The van der Waals surface area contributed by atoms with E-state index in [0.717, 1.165) is 12.8 Å². The molecule has 1 aliphatic rings. The summed E-state index contributed by atoms with van der Waals surface area (Å²) in [6, 6.07) is 0.408. The first-order valence-corrected chi connectivity index (χ1v) is 5.68. The highest BCUT2D eigenvalue weighted by molar-refractivity contribution is 4.95. The zero-order valence-corrected chi connectivity index (χ0v) is 9.18. The third-order valence-electron chi connectivity index (χ3n) is 3.82. The van der Waals surface area contributed by atoms with Gasteiger partial charge in [-0.1, -0.05) is 19.8 Å². The molecule has 80 valence electrons. The summed E-state index contributed by atoms with van der Waals surface area (Å²) in [5.74, 6) is 8.34. The van der Waals surface area contributed by atoms with Gasteiger partial charge >= 0.3 is 0 Å². The first-order chi connectivity index (χ1) is 6.79. The van der Waals surface area contributed by atoms with E-state index in [-0.39, 0.29) is 0 Å². The van der Waals surface area contributed by atoms with Crippen molar-refractivity contribution in [3.63, 3.8) is 0 Å². The predicted molar refractivity (Wildman–Crippen MR) is 60.4 cm³/mol. The zero-order valence-electron chi connectivity index (χ0n) is 9.18. The number of hydrazine groups is 1. The average molecular weight is 194 g/mol. The molecule has 0 spiro atoms. The molecule has 0 aromatic heterocycles.